The van der Waals surface area contributed by atoms with Crippen molar-refractivity contribution in [2.75, 3.05) is 52.9 Å². The van der Waals surface area contributed by atoms with Crippen LogP contribution in [0.1, 0.15) is 45.2 Å². The number of hydrogen-bond acceptors (Lipinski definition) is 4. The third-order valence-corrected chi connectivity index (χ3v) is 5.87. The van der Waals surface area contributed by atoms with Gasteiger partial charge in [0.15, 0.2) is 5.96 Å². The van der Waals surface area contributed by atoms with Crippen LogP contribution < -0.4 is 10.6 Å². The van der Waals surface area contributed by atoms with Gasteiger partial charge in [0.1, 0.15) is 0 Å². The summed E-state index contributed by atoms with van der Waals surface area (Å²) in [5, 5.41) is 6.82. The number of aliphatic imine (C=N–C) groups is 1. The van der Waals surface area contributed by atoms with E-state index in [4.69, 9.17) is 4.74 Å². The summed E-state index contributed by atoms with van der Waals surface area (Å²) < 4.78 is 5.82. The van der Waals surface area contributed by atoms with E-state index in [0.29, 0.717) is 5.92 Å². The van der Waals surface area contributed by atoms with Gasteiger partial charge in [-0.2, -0.15) is 0 Å². The summed E-state index contributed by atoms with van der Waals surface area (Å²) in [5.74, 6) is 1.36. The van der Waals surface area contributed by atoms with Gasteiger partial charge in [-0.05, 0) is 36.9 Å². The van der Waals surface area contributed by atoms with Crippen LogP contribution in [0.2, 0.25) is 0 Å². The third kappa shape index (κ3) is 8.62. The Hall–Kier alpha value is -1.63. The van der Waals surface area contributed by atoms with E-state index in [9.17, 15) is 0 Å². The minimum atomic E-state index is 0.290. The van der Waals surface area contributed by atoms with Gasteiger partial charge in [-0.3, -0.25) is 9.89 Å². The normalized spacial score (nSPS) is 17.3. The topological polar surface area (TPSA) is 52.1 Å². The SMILES string of the molecule is CCOC(CCNC(=NC)NCc1ccc(CN2CCN(CC)CC2)cc1)C(C)C. The Balaban J connectivity index is 1.71. The molecular formula is C24H43N5O. The van der Waals surface area contributed by atoms with E-state index in [1.54, 1.807) is 0 Å². The van der Waals surface area contributed by atoms with Gasteiger partial charge < -0.3 is 20.3 Å². The van der Waals surface area contributed by atoms with Gasteiger partial charge in [0.05, 0.1) is 6.10 Å². The molecule has 1 heterocycles. The van der Waals surface area contributed by atoms with Crippen LogP contribution in [0.15, 0.2) is 29.3 Å². The molecule has 2 rings (SSSR count). The highest BCUT2D eigenvalue weighted by Crippen LogP contribution is 2.11. The second kappa shape index (κ2) is 13.6. The highest BCUT2D eigenvalue weighted by Gasteiger charge is 2.15. The summed E-state index contributed by atoms with van der Waals surface area (Å²) in [6, 6.07) is 8.97. The van der Waals surface area contributed by atoms with E-state index in [2.05, 4.69) is 77.4 Å². The predicted molar refractivity (Wildman–Crippen MR) is 127 cm³/mol. The quantitative estimate of drug-likeness (QED) is 0.428. The summed E-state index contributed by atoms with van der Waals surface area (Å²) in [6.45, 7) is 18.0. The lowest BCUT2D eigenvalue weighted by Gasteiger charge is -2.34. The van der Waals surface area contributed by atoms with Gasteiger partial charge in [0.2, 0.25) is 0 Å². The Morgan fingerprint density at radius 1 is 1.00 bits per heavy atom. The van der Waals surface area contributed by atoms with E-state index < -0.39 is 0 Å². The molecule has 1 aliphatic heterocycles. The van der Waals surface area contributed by atoms with Crippen LogP contribution in [0.5, 0.6) is 0 Å². The molecule has 1 aliphatic rings. The Bertz CT molecular complexity index is 609. The van der Waals surface area contributed by atoms with Crippen molar-refractivity contribution in [2.45, 2.75) is 53.3 Å². The maximum atomic E-state index is 5.82. The lowest BCUT2D eigenvalue weighted by Crippen LogP contribution is -2.45. The maximum absolute atomic E-state index is 5.82. The Morgan fingerprint density at radius 3 is 2.20 bits per heavy atom. The molecule has 2 N–H and O–H groups in total. The smallest absolute Gasteiger partial charge is 0.191 e. The number of nitrogens with zero attached hydrogens (tertiary/aromatic N) is 3. The molecule has 0 aliphatic carbocycles. The molecule has 0 aromatic heterocycles. The first-order chi connectivity index (χ1) is 14.5. The second-order valence-electron chi connectivity index (χ2n) is 8.41. The van der Waals surface area contributed by atoms with Crippen LogP contribution >= 0.6 is 0 Å². The molecule has 30 heavy (non-hydrogen) atoms. The molecular weight excluding hydrogens is 374 g/mol. The highest BCUT2D eigenvalue weighted by molar-refractivity contribution is 5.79. The molecule has 0 amide bonds. The number of hydrogen-bond donors (Lipinski definition) is 2. The Labute approximate surface area is 184 Å². The van der Waals surface area contributed by atoms with Gasteiger partial charge in [-0.15, -0.1) is 0 Å². The molecule has 1 atom stereocenters. The summed E-state index contributed by atoms with van der Waals surface area (Å²) in [4.78, 5) is 9.42. The molecule has 1 saturated heterocycles. The summed E-state index contributed by atoms with van der Waals surface area (Å²) in [5.41, 5.74) is 2.66. The number of benzene rings is 1. The lowest BCUT2D eigenvalue weighted by molar-refractivity contribution is 0.0258. The second-order valence-corrected chi connectivity index (χ2v) is 8.41. The molecule has 170 valence electrons. The first-order valence-corrected chi connectivity index (χ1v) is 11.6. The zero-order chi connectivity index (χ0) is 21.8. The van der Waals surface area contributed by atoms with Crippen LogP contribution in [0, 0.1) is 5.92 Å². The van der Waals surface area contributed by atoms with Crippen LogP contribution in [0.4, 0.5) is 0 Å². The zero-order valence-corrected chi connectivity index (χ0v) is 19.8. The zero-order valence-electron chi connectivity index (χ0n) is 19.8. The lowest BCUT2D eigenvalue weighted by atomic mass is 10.0. The number of piperazine rings is 1. The van der Waals surface area contributed by atoms with E-state index in [1.165, 1.54) is 37.3 Å². The van der Waals surface area contributed by atoms with Crippen molar-refractivity contribution >= 4 is 5.96 Å². The van der Waals surface area contributed by atoms with E-state index in [1.807, 2.05) is 7.05 Å². The van der Waals surface area contributed by atoms with E-state index >= 15 is 0 Å². The molecule has 1 aromatic rings. The van der Waals surface area contributed by atoms with Crippen LogP contribution in [0.25, 0.3) is 0 Å². The van der Waals surface area contributed by atoms with Crippen molar-refractivity contribution in [3.05, 3.63) is 35.4 Å². The van der Waals surface area contributed by atoms with Crippen molar-refractivity contribution in [3.8, 4) is 0 Å². The number of likely N-dealkylation sites (N-methyl/N-ethyl adjacent to an activating group) is 1. The third-order valence-electron chi connectivity index (χ3n) is 5.87. The fraction of sp³-hybridized carbons (Fsp3) is 0.708. The van der Waals surface area contributed by atoms with Crippen molar-refractivity contribution in [1.29, 1.82) is 0 Å². The number of rotatable bonds is 11. The number of guanidine groups is 1. The Kier molecular flexibility index (Phi) is 11.2. The van der Waals surface area contributed by atoms with Gasteiger partial charge >= 0.3 is 0 Å². The van der Waals surface area contributed by atoms with Crippen molar-refractivity contribution in [1.82, 2.24) is 20.4 Å². The number of nitrogens with one attached hydrogen (secondary N) is 2. The maximum Gasteiger partial charge on any atom is 0.191 e. The highest BCUT2D eigenvalue weighted by atomic mass is 16.5. The average molecular weight is 418 g/mol. The molecule has 1 fully saturated rings. The molecule has 0 saturated carbocycles. The van der Waals surface area contributed by atoms with Crippen LogP contribution in [-0.2, 0) is 17.8 Å². The molecule has 6 nitrogen and oxygen atoms in total. The standard InChI is InChI=1S/C24H43N5O/c1-6-28-14-16-29(17-15-28)19-22-10-8-21(9-11-22)18-27-24(25-5)26-13-12-23(20(3)4)30-7-2/h8-11,20,23H,6-7,12-19H2,1-5H3,(H2,25,26,27). The van der Waals surface area contributed by atoms with Gasteiger partial charge in [-0.1, -0.05) is 45.0 Å². The average Bonchev–Trinajstić information content (AvgIpc) is 2.76. The number of ether oxygens (including phenoxy) is 1. The molecule has 1 unspecified atom stereocenters. The minimum absolute atomic E-state index is 0.290. The summed E-state index contributed by atoms with van der Waals surface area (Å²) in [6.07, 6.45) is 1.27. The van der Waals surface area contributed by atoms with Gasteiger partial charge in [0, 0.05) is 59.5 Å². The van der Waals surface area contributed by atoms with Crippen LogP contribution in [-0.4, -0.2) is 74.8 Å². The summed E-state index contributed by atoms with van der Waals surface area (Å²) in [7, 11) is 1.82. The Morgan fingerprint density at radius 2 is 1.63 bits per heavy atom. The fourth-order valence-corrected chi connectivity index (χ4v) is 3.85. The molecule has 1 aromatic carbocycles. The van der Waals surface area contributed by atoms with Crippen molar-refractivity contribution in [2.24, 2.45) is 10.9 Å². The first kappa shape index (κ1) is 24.6. The van der Waals surface area contributed by atoms with Crippen LogP contribution in [0.3, 0.4) is 0 Å². The van der Waals surface area contributed by atoms with Gasteiger partial charge in [-0.25, -0.2) is 0 Å². The summed E-state index contributed by atoms with van der Waals surface area (Å²) >= 11 is 0. The monoisotopic (exact) mass is 417 g/mol. The fourth-order valence-electron chi connectivity index (χ4n) is 3.85. The van der Waals surface area contributed by atoms with E-state index in [-0.39, 0.29) is 6.10 Å². The largest absolute Gasteiger partial charge is 0.378 e. The van der Waals surface area contributed by atoms with Crippen molar-refractivity contribution < 1.29 is 4.74 Å². The van der Waals surface area contributed by atoms with Gasteiger partial charge in [0.25, 0.3) is 0 Å². The van der Waals surface area contributed by atoms with E-state index in [0.717, 1.165) is 45.2 Å². The molecule has 0 spiro atoms. The minimum Gasteiger partial charge on any atom is -0.378 e. The molecule has 6 heteroatoms. The predicted octanol–water partition coefficient (Wildman–Crippen LogP) is 2.94. The molecule has 0 radical (unpaired) electrons. The first-order valence-electron chi connectivity index (χ1n) is 11.6. The molecule has 0 bridgehead atoms. The van der Waals surface area contributed by atoms with Crippen molar-refractivity contribution in [3.63, 3.8) is 0 Å².